The van der Waals surface area contributed by atoms with E-state index in [1.807, 2.05) is 30.3 Å². The topological polar surface area (TPSA) is 92.3 Å². The van der Waals surface area contributed by atoms with Crippen molar-refractivity contribution in [3.63, 3.8) is 0 Å². The molecule has 2 aromatic carbocycles. The van der Waals surface area contributed by atoms with Crippen LogP contribution >= 0.6 is 0 Å². The Kier molecular flexibility index (Phi) is 6.11. The van der Waals surface area contributed by atoms with Crippen LogP contribution in [0.5, 0.6) is 0 Å². The average Bonchev–Trinajstić information content (AvgIpc) is 2.81. The van der Waals surface area contributed by atoms with Gasteiger partial charge >= 0.3 is 0 Å². The lowest BCUT2D eigenvalue weighted by atomic mass is 10.1. The van der Waals surface area contributed by atoms with Crippen molar-refractivity contribution in [3.05, 3.63) is 72.1 Å². The minimum absolute atomic E-state index is 0.140. The van der Waals surface area contributed by atoms with Gasteiger partial charge in [0.15, 0.2) is 5.82 Å². The zero-order valence-electron chi connectivity index (χ0n) is 17.3. The van der Waals surface area contributed by atoms with Crippen LogP contribution in [0, 0.1) is 6.92 Å². The Balaban J connectivity index is 1.54. The van der Waals surface area contributed by atoms with E-state index in [-0.39, 0.29) is 4.90 Å². The summed E-state index contributed by atoms with van der Waals surface area (Å²) in [4.78, 5) is 21.6. The molecule has 0 aliphatic carbocycles. The number of benzene rings is 2. The molecule has 31 heavy (non-hydrogen) atoms. The standard InChI is InChI=1S/C23H24N4O3S/c1-17-10-11-20(31(29,30)27-12-6-3-7-13-27)14-21(17)23(28)26-19-15-24-22(25-16-19)18-8-4-2-5-9-18/h2,4-5,8-11,14-16H,3,6-7,12-13H2,1H3,(H,26,28). The van der Waals surface area contributed by atoms with Gasteiger partial charge in [-0.2, -0.15) is 4.31 Å². The highest BCUT2D eigenvalue weighted by molar-refractivity contribution is 7.89. The number of aromatic nitrogens is 2. The smallest absolute Gasteiger partial charge is 0.256 e. The predicted molar refractivity (Wildman–Crippen MR) is 119 cm³/mol. The van der Waals surface area contributed by atoms with Gasteiger partial charge in [-0.05, 0) is 37.5 Å². The largest absolute Gasteiger partial charge is 0.319 e. The van der Waals surface area contributed by atoms with Gasteiger partial charge in [-0.1, -0.05) is 42.8 Å². The first-order valence-electron chi connectivity index (χ1n) is 10.2. The Labute approximate surface area is 182 Å². The molecule has 1 amide bonds. The summed E-state index contributed by atoms with van der Waals surface area (Å²) >= 11 is 0. The number of hydrogen-bond donors (Lipinski definition) is 1. The Morgan fingerprint density at radius 2 is 1.65 bits per heavy atom. The number of rotatable bonds is 5. The summed E-state index contributed by atoms with van der Waals surface area (Å²) in [5, 5.41) is 2.76. The molecule has 1 saturated heterocycles. The highest BCUT2D eigenvalue weighted by Crippen LogP contribution is 2.23. The quantitative estimate of drug-likeness (QED) is 0.655. The van der Waals surface area contributed by atoms with E-state index in [1.54, 1.807) is 19.1 Å². The number of hydrogen-bond acceptors (Lipinski definition) is 5. The van der Waals surface area contributed by atoms with Gasteiger partial charge in [0.2, 0.25) is 10.0 Å². The van der Waals surface area contributed by atoms with E-state index in [0.29, 0.717) is 35.7 Å². The number of anilines is 1. The van der Waals surface area contributed by atoms with Crippen LogP contribution in [-0.4, -0.2) is 41.7 Å². The summed E-state index contributed by atoms with van der Waals surface area (Å²) in [5.74, 6) is 0.161. The number of sulfonamides is 1. The third-order valence-electron chi connectivity index (χ3n) is 5.35. The normalized spacial score (nSPS) is 14.9. The Morgan fingerprint density at radius 1 is 0.968 bits per heavy atom. The molecule has 7 nitrogen and oxygen atoms in total. The van der Waals surface area contributed by atoms with E-state index in [2.05, 4.69) is 15.3 Å². The molecule has 8 heteroatoms. The van der Waals surface area contributed by atoms with Gasteiger partial charge in [0, 0.05) is 24.2 Å². The lowest BCUT2D eigenvalue weighted by Gasteiger charge is -2.26. The van der Waals surface area contributed by atoms with Crippen LogP contribution < -0.4 is 5.32 Å². The Morgan fingerprint density at radius 3 is 2.32 bits per heavy atom. The van der Waals surface area contributed by atoms with Crippen LogP contribution in [0.4, 0.5) is 5.69 Å². The predicted octanol–water partition coefficient (Wildman–Crippen LogP) is 3.88. The molecule has 4 rings (SSSR count). The molecule has 1 aliphatic rings. The summed E-state index contributed by atoms with van der Waals surface area (Å²) in [6, 6.07) is 14.2. The molecule has 0 atom stereocenters. The second kappa shape index (κ2) is 8.95. The number of nitrogens with zero attached hydrogens (tertiary/aromatic N) is 3. The Bertz CT molecular complexity index is 1170. The zero-order valence-corrected chi connectivity index (χ0v) is 18.1. The molecule has 0 bridgehead atoms. The average molecular weight is 437 g/mol. The molecular weight excluding hydrogens is 412 g/mol. The number of piperidine rings is 1. The van der Waals surface area contributed by atoms with Gasteiger partial charge in [-0.15, -0.1) is 0 Å². The van der Waals surface area contributed by atoms with E-state index in [9.17, 15) is 13.2 Å². The summed E-state index contributed by atoms with van der Waals surface area (Å²) < 4.78 is 27.5. The maximum Gasteiger partial charge on any atom is 0.256 e. The van der Waals surface area contributed by atoms with Crippen molar-refractivity contribution in [2.75, 3.05) is 18.4 Å². The van der Waals surface area contributed by atoms with E-state index < -0.39 is 15.9 Å². The van der Waals surface area contributed by atoms with Gasteiger partial charge in [-0.3, -0.25) is 4.79 Å². The highest BCUT2D eigenvalue weighted by Gasteiger charge is 2.27. The number of carbonyl (C=O) groups excluding carboxylic acids is 1. The molecule has 1 N–H and O–H groups in total. The third kappa shape index (κ3) is 4.65. The molecule has 3 aromatic rings. The van der Waals surface area contributed by atoms with Crippen molar-refractivity contribution in [1.29, 1.82) is 0 Å². The summed E-state index contributed by atoms with van der Waals surface area (Å²) in [6.07, 6.45) is 5.83. The van der Waals surface area contributed by atoms with Gasteiger partial charge in [0.05, 0.1) is 23.0 Å². The maximum atomic E-state index is 13.0. The summed E-state index contributed by atoms with van der Waals surface area (Å²) in [7, 11) is -3.62. The third-order valence-corrected chi connectivity index (χ3v) is 7.24. The van der Waals surface area contributed by atoms with E-state index in [0.717, 1.165) is 24.8 Å². The van der Waals surface area contributed by atoms with Crippen LogP contribution in [0.15, 0.2) is 65.8 Å². The second-order valence-electron chi connectivity index (χ2n) is 7.56. The van der Waals surface area contributed by atoms with Gasteiger partial charge in [0.1, 0.15) is 0 Å². The van der Waals surface area contributed by atoms with Crippen molar-refractivity contribution >= 4 is 21.6 Å². The fourth-order valence-corrected chi connectivity index (χ4v) is 5.13. The van der Waals surface area contributed by atoms with Crippen LogP contribution in [0.25, 0.3) is 11.4 Å². The molecule has 0 radical (unpaired) electrons. The lowest BCUT2D eigenvalue weighted by Crippen LogP contribution is -2.35. The summed E-state index contributed by atoms with van der Waals surface area (Å²) in [5.41, 5.74) is 2.32. The monoisotopic (exact) mass is 436 g/mol. The van der Waals surface area contributed by atoms with E-state index in [4.69, 9.17) is 0 Å². The fraction of sp³-hybridized carbons (Fsp3) is 0.261. The molecular formula is C23H24N4O3S. The first-order valence-corrected chi connectivity index (χ1v) is 11.7. The van der Waals surface area contributed by atoms with Crippen LogP contribution in [-0.2, 0) is 10.0 Å². The molecule has 0 unspecified atom stereocenters. The zero-order chi connectivity index (χ0) is 21.8. The molecule has 1 aromatic heterocycles. The Hall–Kier alpha value is -3.10. The van der Waals surface area contributed by atoms with Crippen LogP contribution in [0.1, 0.15) is 35.2 Å². The number of amides is 1. The van der Waals surface area contributed by atoms with Crippen molar-refractivity contribution in [2.24, 2.45) is 0 Å². The van der Waals surface area contributed by atoms with Crippen molar-refractivity contribution < 1.29 is 13.2 Å². The van der Waals surface area contributed by atoms with Gasteiger partial charge in [0.25, 0.3) is 5.91 Å². The van der Waals surface area contributed by atoms with E-state index >= 15 is 0 Å². The molecule has 0 spiro atoms. The first kappa shape index (κ1) is 21.1. The molecule has 160 valence electrons. The van der Waals surface area contributed by atoms with Gasteiger partial charge < -0.3 is 5.32 Å². The summed E-state index contributed by atoms with van der Waals surface area (Å²) in [6.45, 7) is 2.81. The molecule has 1 aliphatic heterocycles. The second-order valence-corrected chi connectivity index (χ2v) is 9.49. The molecule has 0 saturated carbocycles. The van der Waals surface area contributed by atoms with Crippen LogP contribution in [0.2, 0.25) is 0 Å². The molecule has 1 fully saturated rings. The minimum atomic E-state index is -3.62. The van der Waals surface area contributed by atoms with Crippen molar-refractivity contribution in [3.8, 4) is 11.4 Å². The van der Waals surface area contributed by atoms with Crippen molar-refractivity contribution in [1.82, 2.24) is 14.3 Å². The number of nitrogens with one attached hydrogen (secondary N) is 1. The van der Waals surface area contributed by atoms with Gasteiger partial charge in [-0.25, -0.2) is 18.4 Å². The SMILES string of the molecule is Cc1ccc(S(=O)(=O)N2CCCCC2)cc1C(=O)Nc1cnc(-c2ccccc2)nc1. The van der Waals surface area contributed by atoms with Crippen molar-refractivity contribution in [2.45, 2.75) is 31.1 Å². The maximum absolute atomic E-state index is 13.0. The number of carbonyl (C=O) groups is 1. The minimum Gasteiger partial charge on any atom is -0.319 e. The van der Waals surface area contributed by atoms with Crippen LogP contribution in [0.3, 0.4) is 0 Å². The highest BCUT2D eigenvalue weighted by atomic mass is 32.2. The lowest BCUT2D eigenvalue weighted by molar-refractivity contribution is 0.102. The van der Waals surface area contributed by atoms with E-state index in [1.165, 1.54) is 22.8 Å². The number of aryl methyl sites for hydroxylation is 1. The molecule has 2 heterocycles. The first-order chi connectivity index (χ1) is 14.9. The fourth-order valence-electron chi connectivity index (χ4n) is 3.59.